The van der Waals surface area contributed by atoms with Gasteiger partial charge in [-0.25, -0.2) is 0 Å². The predicted molar refractivity (Wildman–Crippen MR) is 68.0 cm³/mol. The van der Waals surface area contributed by atoms with Gasteiger partial charge in [-0.05, 0) is 25.1 Å². The largest absolute Gasteiger partial charge is 0.496 e. The predicted octanol–water partition coefficient (Wildman–Crippen LogP) is 2.86. The van der Waals surface area contributed by atoms with Gasteiger partial charge < -0.3 is 14.6 Å². The zero-order valence-electron chi connectivity index (χ0n) is 9.53. The van der Waals surface area contributed by atoms with Gasteiger partial charge >= 0.3 is 0 Å². The lowest BCUT2D eigenvalue weighted by Crippen LogP contribution is -1.95. The van der Waals surface area contributed by atoms with E-state index in [4.69, 9.17) is 9.47 Å². The highest BCUT2D eigenvalue weighted by Gasteiger charge is 2.09. The Balaban J connectivity index is 3.22. The van der Waals surface area contributed by atoms with Gasteiger partial charge in [0.15, 0.2) is 0 Å². The number of aliphatic hydroxyl groups excluding tert-OH is 1. The zero-order valence-corrected chi connectivity index (χ0v) is 11.1. The van der Waals surface area contributed by atoms with Crippen molar-refractivity contribution in [2.45, 2.75) is 13.0 Å². The molecule has 0 aliphatic heterocycles. The average molecular weight is 287 g/mol. The van der Waals surface area contributed by atoms with Crippen molar-refractivity contribution in [3.63, 3.8) is 0 Å². The number of methoxy groups -OCH3 is 2. The van der Waals surface area contributed by atoms with Crippen molar-refractivity contribution >= 4 is 22.0 Å². The first-order valence-corrected chi connectivity index (χ1v) is 5.65. The first kappa shape index (κ1) is 13.1. The van der Waals surface area contributed by atoms with Crippen LogP contribution in [0.25, 0.3) is 6.08 Å². The summed E-state index contributed by atoms with van der Waals surface area (Å²) in [6, 6.07) is 3.70. The molecule has 0 saturated carbocycles. The van der Waals surface area contributed by atoms with Crippen LogP contribution in [0.1, 0.15) is 12.5 Å². The summed E-state index contributed by atoms with van der Waals surface area (Å²) in [7, 11) is 3.20. The monoisotopic (exact) mass is 286 g/mol. The van der Waals surface area contributed by atoms with E-state index < -0.39 is 6.10 Å². The standard InChI is InChI=1S/C12H15BrO3/c1-8(14)4-5-10-11(15-2)6-9(13)7-12(10)16-3/h4-8,14H,1-3H3/b5-4+/t8-/m0/s1. The van der Waals surface area contributed by atoms with E-state index in [2.05, 4.69) is 15.9 Å². The van der Waals surface area contributed by atoms with Crippen molar-refractivity contribution in [3.05, 3.63) is 28.2 Å². The summed E-state index contributed by atoms with van der Waals surface area (Å²) < 4.78 is 11.4. The molecule has 0 aromatic heterocycles. The van der Waals surface area contributed by atoms with Gasteiger partial charge in [0.05, 0.1) is 25.9 Å². The molecule has 0 spiro atoms. The van der Waals surface area contributed by atoms with Crippen LogP contribution in [-0.4, -0.2) is 25.4 Å². The molecule has 0 radical (unpaired) electrons. The number of hydrogen-bond acceptors (Lipinski definition) is 3. The van der Waals surface area contributed by atoms with E-state index in [1.807, 2.05) is 12.1 Å². The summed E-state index contributed by atoms with van der Waals surface area (Å²) in [6.45, 7) is 1.69. The van der Waals surface area contributed by atoms with Crippen LogP contribution in [0.15, 0.2) is 22.7 Å². The number of ether oxygens (including phenoxy) is 2. The number of hydrogen-bond donors (Lipinski definition) is 1. The molecule has 16 heavy (non-hydrogen) atoms. The van der Waals surface area contributed by atoms with Gasteiger partial charge in [0.1, 0.15) is 11.5 Å². The summed E-state index contributed by atoms with van der Waals surface area (Å²) in [6.07, 6.45) is 2.96. The lowest BCUT2D eigenvalue weighted by atomic mass is 10.1. The maximum absolute atomic E-state index is 9.22. The van der Waals surface area contributed by atoms with E-state index in [1.54, 1.807) is 33.3 Å². The van der Waals surface area contributed by atoms with Crippen LogP contribution < -0.4 is 9.47 Å². The molecule has 88 valence electrons. The highest BCUT2D eigenvalue weighted by atomic mass is 79.9. The maximum Gasteiger partial charge on any atom is 0.130 e. The number of halogens is 1. The van der Waals surface area contributed by atoms with Crippen molar-refractivity contribution in [2.75, 3.05) is 14.2 Å². The summed E-state index contributed by atoms with van der Waals surface area (Å²) in [5.41, 5.74) is 0.814. The van der Waals surface area contributed by atoms with E-state index in [1.165, 1.54) is 0 Å². The van der Waals surface area contributed by atoms with Crippen LogP contribution in [0.2, 0.25) is 0 Å². The normalized spacial score (nSPS) is 12.8. The Morgan fingerprint density at radius 1 is 1.25 bits per heavy atom. The average Bonchev–Trinajstić information content (AvgIpc) is 2.25. The topological polar surface area (TPSA) is 38.7 Å². The van der Waals surface area contributed by atoms with Gasteiger partial charge in [0.2, 0.25) is 0 Å². The quantitative estimate of drug-likeness (QED) is 0.925. The van der Waals surface area contributed by atoms with Crippen LogP contribution >= 0.6 is 15.9 Å². The Morgan fingerprint density at radius 2 is 1.75 bits per heavy atom. The van der Waals surface area contributed by atoms with Gasteiger partial charge in [-0.2, -0.15) is 0 Å². The molecule has 0 heterocycles. The zero-order chi connectivity index (χ0) is 12.1. The third-order valence-electron chi connectivity index (χ3n) is 2.05. The third-order valence-corrected chi connectivity index (χ3v) is 2.51. The molecule has 0 unspecified atom stereocenters. The minimum atomic E-state index is -0.502. The van der Waals surface area contributed by atoms with Crippen LogP contribution in [-0.2, 0) is 0 Å². The van der Waals surface area contributed by atoms with Crippen LogP contribution in [0.3, 0.4) is 0 Å². The van der Waals surface area contributed by atoms with Gasteiger partial charge in [0.25, 0.3) is 0 Å². The third kappa shape index (κ3) is 3.25. The lowest BCUT2D eigenvalue weighted by Gasteiger charge is -2.11. The molecule has 4 heteroatoms. The molecule has 0 aliphatic rings. The van der Waals surface area contributed by atoms with E-state index in [-0.39, 0.29) is 0 Å². The Labute approximate surface area is 104 Å². The summed E-state index contributed by atoms with van der Waals surface area (Å²) in [5, 5.41) is 9.22. The van der Waals surface area contributed by atoms with Gasteiger partial charge in [-0.3, -0.25) is 0 Å². The minimum Gasteiger partial charge on any atom is -0.496 e. The molecule has 0 saturated heterocycles. The SMILES string of the molecule is COc1cc(Br)cc(OC)c1/C=C/[C@H](C)O. The molecule has 1 N–H and O–H groups in total. The number of benzene rings is 1. The Kier molecular flexibility index (Phi) is 4.83. The second kappa shape index (κ2) is 5.92. The van der Waals surface area contributed by atoms with Gasteiger partial charge in [-0.15, -0.1) is 0 Å². The first-order valence-electron chi connectivity index (χ1n) is 4.86. The van der Waals surface area contributed by atoms with Gasteiger partial charge in [0, 0.05) is 4.47 Å². The van der Waals surface area contributed by atoms with E-state index in [9.17, 15) is 5.11 Å². The molecule has 3 nitrogen and oxygen atoms in total. The number of aliphatic hydroxyl groups is 1. The molecule has 0 bridgehead atoms. The molecule has 0 amide bonds. The second-order valence-corrected chi connectivity index (χ2v) is 4.24. The summed E-state index contributed by atoms with van der Waals surface area (Å²) in [5.74, 6) is 1.39. The maximum atomic E-state index is 9.22. The fourth-order valence-electron chi connectivity index (χ4n) is 1.31. The van der Waals surface area contributed by atoms with Crippen LogP contribution in [0, 0.1) is 0 Å². The molecule has 1 rings (SSSR count). The Bertz CT molecular complexity index is 361. The van der Waals surface area contributed by atoms with E-state index >= 15 is 0 Å². The molecule has 1 atom stereocenters. The van der Waals surface area contributed by atoms with Crippen molar-refractivity contribution < 1.29 is 14.6 Å². The van der Waals surface area contributed by atoms with E-state index in [0.29, 0.717) is 11.5 Å². The number of rotatable bonds is 4. The van der Waals surface area contributed by atoms with Crippen molar-refractivity contribution in [1.82, 2.24) is 0 Å². The summed E-state index contributed by atoms with van der Waals surface area (Å²) >= 11 is 3.38. The molecule has 1 aromatic rings. The fraction of sp³-hybridized carbons (Fsp3) is 0.333. The highest BCUT2D eigenvalue weighted by Crippen LogP contribution is 2.33. The van der Waals surface area contributed by atoms with Crippen LogP contribution in [0.5, 0.6) is 11.5 Å². The second-order valence-electron chi connectivity index (χ2n) is 3.32. The molecular weight excluding hydrogens is 272 g/mol. The smallest absolute Gasteiger partial charge is 0.130 e. The first-order chi connectivity index (χ1) is 7.58. The van der Waals surface area contributed by atoms with Crippen molar-refractivity contribution in [3.8, 4) is 11.5 Å². The van der Waals surface area contributed by atoms with Crippen molar-refractivity contribution in [2.24, 2.45) is 0 Å². The summed E-state index contributed by atoms with van der Waals surface area (Å²) in [4.78, 5) is 0. The molecule has 0 aliphatic carbocycles. The van der Waals surface area contributed by atoms with Crippen LogP contribution in [0.4, 0.5) is 0 Å². The minimum absolute atomic E-state index is 0.502. The molecular formula is C12H15BrO3. The highest BCUT2D eigenvalue weighted by molar-refractivity contribution is 9.10. The Morgan fingerprint density at radius 3 is 2.12 bits per heavy atom. The Hall–Kier alpha value is -1.00. The van der Waals surface area contributed by atoms with Gasteiger partial charge in [-0.1, -0.05) is 22.0 Å². The molecule has 0 fully saturated rings. The van der Waals surface area contributed by atoms with E-state index in [0.717, 1.165) is 10.0 Å². The lowest BCUT2D eigenvalue weighted by molar-refractivity contribution is 0.245. The fourth-order valence-corrected chi connectivity index (χ4v) is 1.72. The van der Waals surface area contributed by atoms with Crippen molar-refractivity contribution in [1.29, 1.82) is 0 Å². The molecule has 1 aromatic carbocycles.